The van der Waals surface area contributed by atoms with Crippen molar-refractivity contribution in [3.05, 3.63) is 54.5 Å². The first-order chi connectivity index (χ1) is 18.9. The van der Waals surface area contributed by atoms with Crippen LogP contribution in [0.25, 0.3) is 11.4 Å². The van der Waals surface area contributed by atoms with Crippen LogP contribution in [0, 0.1) is 0 Å². The van der Waals surface area contributed by atoms with Crippen molar-refractivity contribution >= 4 is 28.8 Å². The summed E-state index contributed by atoms with van der Waals surface area (Å²) in [7, 11) is 5.46. The van der Waals surface area contributed by atoms with Gasteiger partial charge >= 0.3 is 0 Å². The molecule has 0 bridgehead atoms. The van der Waals surface area contributed by atoms with Crippen LogP contribution < -0.4 is 20.1 Å². The molecule has 1 fully saturated rings. The van der Waals surface area contributed by atoms with E-state index in [1.54, 1.807) is 49.6 Å². The Morgan fingerprint density at radius 1 is 1.08 bits per heavy atom. The number of likely N-dealkylation sites (tertiary alicyclic amines) is 1. The van der Waals surface area contributed by atoms with E-state index in [4.69, 9.17) is 9.47 Å². The number of ether oxygens (including phenoxy) is 2. The second-order valence-corrected chi connectivity index (χ2v) is 9.32. The molecule has 1 aromatic carbocycles. The van der Waals surface area contributed by atoms with Gasteiger partial charge in [0.2, 0.25) is 5.88 Å². The van der Waals surface area contributed by atoms with Gasteiger partial charge < -0.3 is 25.0 Å². The van der Waals surface area contributed by atoms with Gasteiger partial charge in [0.05, 0.1) is 29.6 Å². The number of hydrogen-bond acceptors (Lipinski definition) is 11. The third kappa shape index (κ3) is 5.96. The topological polar surface area (TPSA) is 132 Å². The van der Waals surface area contributed by atoms with E-state index in [9.17, 15) is 4.79 Å². The number of likely N-dealkylation sites (N-methyl/N-ethyl adjacent to an activating group) is 1. The Balaban J connectivity index is 1.39. The van der Waals surface area contributed by atoms with E-state index in [0.29, 0.717) is 52.4 Å². The van der Waals surface area contributed by atoms with E-state index >= 15 is 0 Å². The first-order valence-electron chi connectivity index (χ1n) is 12.7. The number of carbonyl (C=O) groups is 1. The summed E-state index contributed by atoms with van der Waals surface area (Å²) in [4.78, 5) is 23.8. The fourth-order valence-electron chi connectivity index (χ4n) is 4.42. The molecule has 0 saturated carbocycles. The van der Waals surface area contributed by atoms with Crippen LogP contribution in [-0.2, 0) is 7.05 Å². The number of carbonyl (C=O) groups excluding carboxylic acids is 1. The van der Waals surface area contributed by atoms with Crippen LogP contribution >= 0.6 is 0 Å². The maximum atomic E-state index is 12.7. The zero-order chi connectivity index (χ0) is 27.4. The summed E-state index contributed by atoms with van der Waals surface area (Å²) in [6.07, 6.45) is 4.59. The minimum Gasteiger partial charge on any atom is -0.494 e. The van der Waals surface area contributed by atoms with Crippen LogP contribution in [-0.4, -0.2) is 74.0 Å². The Kier molecular flexibility index (Phi) is 7.64. The number of methoxy groups -OCH3 is 1. The van der Waals surface area contributed by atoms with Gasteiger partial charge in [-0.05, 0) is 31.7 Å². The van der Waals surface area contributed by atoms with Gasteiger partial charge in [-0.15, -0.1) is 10.2 Å². The molecule has 0 spiro atoms. The molecule has 1 atom stereocenters. The van der Waals surface area contributed by atoms with Crippen LogP contribution in [0.5, 0.6) is 11.6 Å². The molecule has 0 amide bonds. The second kappa shape index (κ2) is 11.4. The Morgan fingerprint density at radius 2 is 1.95 bits per heavy atom. The van der Waals surface area contributed by atoms with Crippen LogP contribution in [0.3, 0.4) is 0 Å². The number of hydrogen-bond donors (Lipinski definition) is 2. The number of benzene rings is 1. The van der Waals surface area contributed by atoms with E-state index in [-0.39, 0.29) is 11.9 Å². The summed E-state index contributed by atoms with van der Waals surface area (Å²) in [5.41, 5.74) is 2.41. The minimum absolute atomic E-state index is 0.0445. The third-order valence-corrected chi connectivity index (χ3v) is 6.39. The molecular weight excluding hydrogens is 498 g/mol. The predicted octanol–water partition coefficient (Wildman–Crippen LogP) is 3.84. The van der Waals surface area contributed by atoms with Crippen molar-refractivity contribution in [2.75, 3.05) is 37.9 Å². The van der Waals surface area contributed by atoms with E-state index in [1.807, 2.05) is 25.1 Å². The zero-order valence-electron chi connectivity index (χ0n) is 22.4. The molecule has 4 heterocycles. The monoisotopic (exact) mass is 529 g/mol. The number of aryl methyl sites for hydroxylation is 1. The number of anilines is 4. The number of pyridine rings is 1. The third-order valence-electron chi connectivity index (χ3n) is 6.39. The molecule has 12 heteroatoms. The van der Waals surface area contributed by atoms with Crippen LogP contribution in [0.1, 0.15) is 30.1 Å². The fraction of sp³-hybridized carbons (Fsp3) is 0.333. The summed E-state index contributed by atoms with van der Waals surface area (Å²) in [5, 5.41) is 19.3. The van der Waals surface area contributed by atoms with E-state index in [2.05, 4.69) is 47.8 Å². The molecule has 1 aliphatic heterocycles. The predicted molar refractivity (Wildman–Crippen MR) is 147 cm³/mol. The van der Waals surface area contributed by atoms with Crippen LogP contribution in [0.15, 0.2) is 48.9 Å². The lowest BCUT2D eigenvalue weighted by Crippen LogP contribution is -2.21. The first-order valence-corrected chi connectivity index (χ1v) is 12.7. The molecular formula is C27H31N9O3. The Hall–Kier alpha value is -4.58. The molecule has 5 rings (SSSR count). The zero-order valence-corrected chi connectivity index (χ0v) is 22.4. The summed E-state index contributed by atoms with van der Waals surface area (Å²) in [5.74, 6) is 2.52. The van der Waals surface area contributed by atoms with Gasteiger partial charge in [-0.1, -0.05) is 13.0 Å². The Labute approximate surface area is 226 Å². The molecule has 0 aliphatic carbocycles. The van der Waals surface area contributed by atoms with Gasteiger partial charge in [0.25, 0.3) is 0 Å². The molecule has 3 aromatic heterocycles. The molecule has 1 aliphatic rings. The summed E-state index contributed by atoms with van der Waals surface area (Å²) in [6, 6.07) is 11.0. The van der Waals surface area contributed by atoms with Gasteiger partial charge in [-0.25, -0.2) is 9.97 Å². The number of nitrogens with zero attached hydrogens (tertiary/aromatic N) is 7. The number of ketones is 1. The normalized spacial score (nSPS) is 15.2. The standard InChI is InChI=1S/C27H31N9O3/c1-5-22(37)19-14-28-24(31-23-9-10-25(33-32-23)39-17-11-12-35(2)15-17)13-21(19)30-20-8-6-7-18(26(20)38-4)27-29-16-36(3)34-27/h6-10,13-14,16-17H,5,11-12,15H2,1-4H3,(H2,28,30,31,32)/t17-/m1/s1. The summed E-state index contributed by atoms with van der Waals surface area (Å²) < 4.78 is 13.3. The number of nitrogens with one attached hydrogen (secondary N) is 2. The van der Waals surface area contributed by atoms with Gasteiger partial charge in [0.1, 0.15) is 18.2 Å². The van der Waals surface area contributed by atoms with Gasteiger partial charge in [-0.2, -0.15) is 5.10 Å². The lowest BCUT2D eigenvalue weighted by molar-refractivity contribution is 0.0988. The van der Waals surface area contributed by atoms with Crippen molar-refractivity contribution in [2.24, 2.45) is 7.05 Å². The minimum atomic E-state index is -0.0445. The number of Topliss-reactive ketones (excluding diaryl/α,β-unsaturated/α-hetero) is 1. The SMILES string of the molecule is CCC(=O)c1cnc(Nc2ccc(O[C@@H]3CCN(C)C3)nn2)cc1Nc1cccc(-c2ncn(C)n2)c1OC. The lowest BCUT2D eigenvalue weighted by Gasteiger charge is -2.17. The largest absolute Gasteiger partial charge is 0.494 e. The molecule has 39 heavy (non-hydrogen) atoms. The van der Waals surface area contributed by atoms with Crippen LogP contribution in [0.2, 0.25) is 0 Å². The molecule has 202 valence electrons. The molecule has 0 unspecified atom stereocenters. The maximum Gasteiger partial charge on any atom is 0.233 e. The molecule has 1 saturated heterocycles. The summed E-state index contributed by atoms with van der Waals surface area (Å²) in [6.45, 7) is 3.69. The average Bonchev–Trinajstić information content (AvgIpc) is 3.56. The highest BCUT2D eigenvalue weighted by Gasteiger charge is 2.22. The highest BCUT2D eigenvalue weighted by molar-refractivity contribution is 6.02. The van der Waals surface area contributed by atoms with E-state index < -0.39 is 0 Å². The highest BCUT2D eigenvalue weighted by atomic mass is 16.5. The van der Waals surface area contributed by atoms with E-state index in [1.165, 1.54) is 0 Å². The highest BCUT2D eigenvalue weighted by Crippen LogP contribution is 2.37. The maximum absolute atomic E-state index is 12.7. The van der Waals surface area contributed by atoms with Crippen LogP contribution in [0.4, 0.5) is 23.0 Å². The second-order valence-electron chi connectivity index (χ2n) is 9.32. The fourth-order valence-corrected chi connectivity index (χ4v) is 4.42. The Morgan fingerprint density at radius 3 is 2.62 bits per heavy atom. The van der Waals surface area contributed by atoms with Crippen molar-refractivity contribution in [1.29, 1.82) is 0 Å². The molecule has 4 aromatic rings. The van der Waals surface area contributed by atoms with Crippen molar-refractivity contribution in [3.63, 3.8) is 0 Å². The molecule has 12 nitrogen and oxygen atoms in total. The van der Waals surface area contributed by atoms with Gasteiger partial charge in [-0.3, -0.25) is 9.48 Å². The quantitative estimate of drug-likeness (QED) is 0.290. The van der Waals surface area contributed by atoms with Gasteiger partial charge in [0, 0.05) is 44.9 Å². The van der Waals surface area contributed by atoms with Crippen molar-refractivity contribution in [1.82, 2.24) is 34.8 Å². The lowest BCUT2D eigenvalue weighted by atomic mass is 10.1. The number of rotatable bonds is 10. The van der Waals surface area contributed by atoms with E-state index in [0.717, 1.165) is 25.1 Å². The van der Waals surface area contributed by atoms with Gasteiger partial charge in [0.15, 0.2) is 23.2 Å². The number of para-hydroxylation sites is 1. The average molecular weight is 530 g/mol. The van der Waals surface area contributed by atoms with Crippen molar-refractivity contribution in [3.8, 4) is 23.0 Å². The smallest absolute Gasteiger partial charge is 0.233 e. The summed E-state index contributed by atoms with van der Waals surface area (Å²) >= 11 is 0. The van der Waals surface area contributed by atoms with Crippen molar-refractivity contribution in [2.45, 2.75) is 25.9 Å². The molecule has 0 radical (unpaired) electrons. The Bertz CT molecular complexity index is 1460. The molecule has 2 N–H and O–H groups in total. The number of aromatic nitrogens is 6. The van der Waals surface area contributed by atoms with Crippen molar-refractivity contribution < 1.29 is 14.3 Å². The first kappa shape index (κ1) is 26.0.